The molecule has 1 radical (unpaired) electrons. The van der Waals surface area contributed by atoms with E-state index >= 15 is 0 Å². The largest absolute Gasteiger partial charge is 0.470 e. The number of carboxylic acids is 1. The molecule has 0 saturated heterocycles. The SMILES string of the molecule is N#CC(=O)O.[Na]. The number of hydrogen-bond acceptors (Lipinski definition) is 2. The summed E-state index contributed by atoms with van der Waals surface area (Å²) < 4.78 is 0. The van der Waals surface area contributed by atoms with Crippen LogP contribution in [0.3, 0.4) is 0 Å². The Morgan fingerprint density at radius 2 is 2.00 bits per heavy atom. The van der Waals surface area contributed by atoms with Gasteiger partial charge in [-0.05, 0) is 0 Å². The third kappa shape index (κ3) is 9.03. The normalized spacial score (nSPS) is 4.50. The van der Waals surface area contributed by atoms with Gasteiger partial charge in [0, 0.05) is 29.6 Å². The molecule has 0 aliphatic heterocycles. The van der Waals surface area contributed by atoms with Gasteiger partial charge in [-0.2, -0.15) is 5.26 Å². The van der Waals surface area contributed by atoms with Crippen LogP contribution >= 0.6 is 0 Å². The second kappa shape index (κ2) is 4.96. The van der Waals surface area contributed by atoms with Crippen molar-refractivity contribution < 1.29 is 9.90 Å². The number of nitrogens with zero attached hydrogens (tertiary/aromatic N) is 1. The third-order valence-corrected chi connectivity index (χ3v) is 0.0956. The molecule has 0 aliphatic carbocycles. The zero-order valence-corrected chi connectivity index (χ0v) is 5.30. The fraction of sp³-hybridized carbons (Fsp3) is 0. The van der Waals surface area contributed by atoms with E-state index in [1.807, 2.05) is 0 Å². The van der Waals surface area contributed by atoms with E-state index in [2.05, 4.69) is 0 Å². The predicted molar refractivity (Wildman–Crippen MR) is 19.0 cm³/mol. The molecule has 0 fully saturated rings. The molecule has 6 heavy (non-hydrogen) atoms. The van der Waals surface area contributed by atoms with Crippen LogP contribution in [0, 0.1) is 11.3 Å². The molecule has 0 saturated carbocycles. The van der Waals surface area contributed by atoms with Crippen LogP contribution in [0.25, 0.3) is 0 Å². The van der Waals surface area contributed by atoms with Gasteiger partial charge < -0.3 is 5.11 Å². The molecule has 0 spiro atoms. The molecule has 0 amide bonds. The number of rotatable bonds is 0. The first kappa shape index (κ1) is 9.35. The number of aliphatic carboxylic acids is 1. The summed E-state index contributed by atoms with van der Waals surface area (Å²) in [5.74, 6) is -1.44. The van der Waals surface area contributed by atoms with Crippen molar-refractivity contribution in [1.82, 2.24) is 0 Å². The van der Waals surface area contributed by atoms with Crippen LogP contribution in [0.2, 0.25) is 0 Å². The Kier molecular flexibility index (Phi) is 7.73. The molecule has 0 aromatic heterocycles. The van der Waals surface area contributed by atoms with Crippen LogP contribution in [0.5, 0.6) is 0 Å². The van der Waals surface area contributed by atoms with Gasteiger partial charge in [0.2, 0.25) is 0 Å². The van der Waals surface area contributed by atoms with E-state index in [4.69, 9.17) is 15.2 Å². The van der Waals surface area contributed by atoms with Crippen LogP contribution in [0.4, 0.5) is 0 Å². The van der Waals surface area contributed by atoms with Gasteiger partial charge in [-0.1, -0.05) is 0 Å². The molecular weight excluding hydrogens is 93.0 g/mol. The van der Waals surface area contributed by atoms with Crippen molar-refractivity contribution in [1.29, 1.82) is 5.26 Å². The molecule has 0 aromatic rings. The topological polar surface area (TPSA) is 61.1 Å². The van der Waals surface area contributed by atoms with E-state index in [9.17, 15) is 0 Å². The molecule has 0 heterocycles. The van der Waals surface area contributed by atoms with E-state index < -0.39 is 5.97 Å². The first-order chi connectivity index (χ1) is 2.27. The summed E-state index contributed by atoms with van der Waals surface area (Å²) in [6.07, 6.45) is 0. The summed E-state index contributed by atoms with van der Waals surface area (Å²) in [5.41, 5.74) is 0. The second-order valence-electron chi connectivity index (χ2n) is 0.417. The third-order valence-electron chi connectivity index (χ3n) is 0.0956. The summed E-state index contributed by atoms with van der Waals surface area (Å²) in [6.45, 7) is 0. The molecule has 0 unspecified atom stereocenters. The number of carboxylic acid groups (broad SMARTS) is 1. The maximum atomic E-state index is 9.01. The summed E-state index contributed by atoms with van der Waals surface area (Å²) in [6, 6.07) is 0.944. The van der Waals surface area contributed by atoms with Crippen LogP contribution in [-0.2, 0) is 4.79 Å². The van der Waals surface area contributed by atoms with Gasteiger partial charge in [-0.25, -0.2) is 4.79 Å². The summed E-state index contributed by atoms with van der Waals surface area (Å²) in [4.78, 5) is 9.01. The molecule has 3 nitrogen and oxygen atoms in total. The zero-order valence-electron chi connectivity index (χ0n) is 3.30. The molecule has 1 N–H and O–H groups in total. The molecular formula is C2HNNaO2. The first-order valence-electron chi connectivity index (χ1n) is 0.901. The minimum Gasteiger partial charge on any atom is -0.470 e. The zero-order chi connectivity index (χ0) is 4.28. The van der Waals surface area contributed by atoms with Crippen LogP contribution in [-0.4, -0.2) is 40.6 Å². The van der Waals surface area contributed by atoms with Crippen molar-refractivity contribution in [3.8, 4) is 6.07 Å². The van der Waals surface area contributed by atoms with Crippen molar-refractivity contribution in [2.45, 2.75) is 0 Å². The average molecular weight is 94.0 g/mol. The monoisotopic (exact) mass is 94.0 g/mol. The molecule has 4 heteroatoms. The maximum Gasteiger partial charge on any atom is 0.408 e. The summed E-state index contributed by atoms with van der Waals surface area (Å²) in [5, 5.41) is 14.7. The molecule has 0 aromatic carbocycles. The van der Waals surface area contributed by atoms with Gasteiger partial charge in [0.15, 0.2) is 6.07 Å². The smallest absolute Gasteiger partial charge is 0.408 e. The van der Waals surface area contributed by atoms with E-state index in [-0.39, 0.29) is 29.6 Å². The van der Waals surface area contributed by atoms with Gasteiger partial charge in [0.25, 0.3) is 0 Å². The number of hydrogen-bond donors (Lipinski definition) is 1. The van der Waals surface area contributed by atoms with E-state index in [1.54, 1.807) is 0 Å². The molecule has 0 atom stereocenters. The van der Waals surface area contributed by atoms with Gasteiger partial charge in [-0.3, -0.25) is 0 Å². The van der Waals surface area contributed by atoms with Crippen LogP contribution in [0.15, 0.2) is 0 Å². The van der Waals surface area contributed by atoms with Gasteiger partial charge in [0.05, 0.1) is 0 Å². The Labute approximate surface area is 56.9 Å². The van der Waals surface area contributed by atoms with Crippen molar-refractivity contribution in [2.24, 2.45) is 0 Å². The minimum absolute atomic E-state index is 0. The fourth-order valence-electron chi connectivity index (χ4n) is 0. The number of carbonyl (C=O) groups is 1. The van der Waals surface area contributed by atoms with Gasteiger partial charge >= 0.3 is 5.97 Å². The summed E-state index contributed by atoms with van der Waals surface area (Å²) in [7, 11) is 0. The Morgan fingerprint density at radius 1 is 1.83 bits per heavy atom. The second-order valence-corrected chi connectivity index (χ2v) is 0.417. The fourth-order valence-corrected chi connectivity index (χ4v) is 0. The quantitative estimate of drug-likeness (QED) is 0.243. The Morgan fingerprint density at radius 3 is 2.00 bits per heavy atom. The van der Waals surface area contributed by atoms with Gasteiger partial charge in [-0.15, -0.1) is 0 Å². The molecule has 0 rings (SSSR count). The van der Waals surface area contributed by atoms with Crippen molar-refractivity contribution in [3.05, 3.63) is 0 Å². The molecule has 0 bridgehead atoms. The van der Waals surface area contributed by atoms with E-state index in [0.717, 1.165) is 6.07 Å². The standard InChI is InChI=1S/C2HNO2.Na/c3-1-2(4)5;/h(H,4,5);. The summed E-state index contributed by atoms with van der Waals surface area (Å²) >= 11 is 0. The van der Waals surface area contributed by atoms with E-state index in [0.29, 0.717) is 0 Å². The Hall–Kier alpha value is -0.0400. The first-order valence-corrected chi connectivity index (χ1v) is 0.901. The maximum absolute atomic E-state index is 9.01. The van der Waals surface area contributed by atoms with Gasteiger partial charge in [0.1, 0.15) is 0 Å². The predicted octanol–water partition coefficient (Wildman–Crippen LogP) is -0.786. The Balaban J connectivity index is 0. The van der Waals surface area contributed by atoms with E-state index in [1.165, 1.54) is 0 Å². The average Bonchev–Trinajstić information content (AvgIpc) is 1.38. The molecule has 0 aliphatic rings. The number of nitriles is 1. The minimum atomic E-state index is -1.44. The van der Waals surface area contributed by atoms with Crippen molar-refractivity contribution in [3.63, 3.8) is 0 Å². The molecule has 27 valence electrons. The Bertz CT molecular complexity index is 84.0. The van der Waals surface area contributed by atoms with Crippen molar-refractivity contribution in [2.75, 3.05) is 0 Å². The van der Waals surface area contributed by atoms with Crippen molar-refractivity contribution >= 4 is 35.5 Å². The van der Waals surface area contributed by atoms with Crippen LogP contribution < -0.4 is 0 Å². The van der Waals surface area contributed by atoms with Crippen LogP contribution in [0.1, 0.15) is 0 Å².